The normalized spacial score (nSPS) is 22.3. The Labute approximate surface area is 172 Å². The van der Waals surface area contributed by atoms with Gasteiger partial charge in [0.05, 0.1) is 5.56 Å². The summed E-state index contributed by atoms with van der Waals surface area (Å²) in [5.41, 5.74) is 0.664. The Morgan fingerprint density at radius 1 is 1.28 bits per heavy atom. The molecule has 0 bridgehead atoms. The number of rotatable bonds is 3. The van der Waals surface area contributed by atoms with Crippen molar-refractivity contribution in [1.82, 2.24) is 15.2 Å². The lowest BCUT2D eigenvalue weighted by Crippen LogP contribution is -2.58. The van der Waals surface area contributed by atoms with Gasteiger partial charge >= 0.3 is 0 Å². The highest BCUT2D eigenvalue weighted by Crippen LogP contribution is 2.32. The van der Waals surface area contributed by atoms with Crippen molar-refractivity contribution in [3.8, 4) is 0 Å². The predicted molar refractivity (Wildman–Crippen MR) is 111 cm³/mol. The van der Waals surface area contributed by atoms with Gasteiger partial charge in [0.2, 0.25) is 11.8 Å². The second kappa shape index (κ2) is 7.47. The van der Waals surface area contributed by atoms with Crippen LogP contribution in [0.25, 0.3) is 0 Å². The lowest BCUT2D eigenvalue weighted by Gasteiger charge is -2.40. The number of carbonyl (C=O) groups is 3. The fourth-order valence-corrected chi connectivity index (χ4v) is 4.48. The van der Waals surface area contributed by atoms with Gasteiger partial charge < -0.3 is 20.9 Å². The lowest BCUT2D eigenvalue weighted by molar-refractivity contribution is -0.137. The van der Waals surface area contributed by atoms with E-state index in [4.69, 9.17) is 0 Å². The maximum absolute atomic E-state index is 12.8. The van der Waals surface area contributed by atoms with Crippen molar-refractivity contribution in [3.63, 3.8) is 0 Å². The zero-order chi connectivity index (χ0) is 20.6. The van der Waals surface area contributed by atoms with Crippen LogP contribution < -0.4 is 16.0 Å². The third-order valence-corrected chi connectivity index (χ3v) is 6.29. The molecule has 0 aliphatic carbocycles. The monoisotopic (exact) mass is 413 g/mol. The maximum Gasteiger partial charge on any atom is 0.255 e. The number of amides is 3. The number of hydrogen-bond donors (Lipinski definition) is 3. The van der Waals surface area contributed by atoms with E-state index in [2.05, 4.69) is 20.9 Å². The summed E-state index contributed by atoms with van der Waals surface area (Å²) in [6.45, 7) is 3.99. The molecule has 0 unspecified atom stereocenters. The van der Waals surface area contributed by atoms with Gasteiger partial charge in [-0.2, -0.15) is 0 Å². The molecule has 0 radical (unpaired) electrons. The van der Waals surface area contributed by atoms with E-state index in [1.807, 2.05) is 25.1 Å². The van der Waals surface area contributed by atoms with Crippen molar-refractivity contribution in [3.05, 3.63) is 40.9 Å². The van der Waals surface area contributed by atoms with Gasteiger partial charge in [0.1, 0.15) is 11.7 Å². The summed E-state index contributed by atoms with van der Waals surface area (Å²) >= 11 is 1.39. The average molecular weight is 414 g/mol. The molecule has 3 amide bonds. The zero-order valence-corrected chi connectivity index (χ0v) is 17.1. The molecule has 4 rings (SSSR count). The smallest absolute Gasteiger partial charge is 0.255 e. The Kier molecular flexibility index (Phi) is 4.99. The van der Waals surface area contributed by atoms with Crippen molar-refractivity contribution in [2.45, 2.75) is 44.8 Å². The maximum atomic E-state index is 12.8. The van der Waals surface area contributed by atoms with Gasteiger partial charge in [-0.25, -0.2) is 4.98 Å². The Hall–Kier alpha value is -2.94. The highest BCUT2D eigenvalue weighted by Gasteiger charge is 2.41. The molecule has 29 heavy (non-hydrogen) atoms. The van der Waals surface area contributed by atoms with E-state index in [-0.39, 0.29) is 24.1 Å². The van der Waals surface area contributed by atoms with E-state index in [0.717, 1.165) is 10.6 Å². The van der Waals surface area contributed by atoms with Gasteiger partial charge in [-0.05, 0) is 32.4 Å². The highest BCUT2D eigenvalue weighted by molar-refractivity contribution is 7.15. The molecular weight excluding hydrogens is 390 g/mol. The number of para-hydroxylation sites is 1. The Morgan fingerprint density at radius 2 is 2.07 bits per heavy atom. The molecule has 8 nitrogen and oxygen atoms in total. The van der Waals surface area contributed by atoms with Crippen LogP contribution in [0.5, 0.6) is 0 Å². The first-order valence-corrected chi connectivity index (χ1v) is 10.4. The average Bonchev–Trinajstić information content (AvgIpc) is 3.04. The van der Waals surface area contributed by atoms with Crippen molar-refractivity contribution in [2.24, 2.45) is 0 Å². The van der Waals surface area contributed by atoms with E-state index in [0.29, 0.717) is 30.1 Å². The van der Waals surface area contributed by atoms with E-state index in [1.165, 1.54) is 11.3 Å². The van der Waals surface area contributed by atoms with Crippen LogP contribution in [0.2, 0.25) is 0 Å². The molecule has 1 spiro atoms. The summed E-state index contributed by atoms with van der Waals surface area (Å²) in [5, 5.41) is 9.76. The van der Waals surface area contributed by atoms with E-state index in [1.54, 1.807) is 24.1 Å². The van der Waals surface area contributed by atoms with Crippen LogP contribution in [0, 0.1) is 6.92 Å². The number of aryl methyl sites for hydroxylation is 1. The number of anilines is 2. The second-order valence-electron chi connectivity index (χ2n) is 7.49. The van der Waals surface area contributed by atoms with Gasteiger partial charge in [-0.15, -0.1) is 11.3 Å². The van der Waals surface area contributed by atoms with Crippen molar-refractivity contribution >= 4 is 39.9 Å². The Morgan fingerprint density at radius 3 is 2.83 bits per heavy atom. The Bertz CT molecular complexity index is 975. The molecule has 9 heteroatoms. The van der Waals surface area contributed by atoms with Crippen molar-refractivity contribution in [2.75, 3.05) is 17.2 Å². The fourth-order valence-electron chi connectivity index (χ4n) is 3.81. The zero-order valence-electron chi connectivity index (χ0n) is 16.3. The number of hydrogen-bond acceptors (Lipinski definition) is 6. The number of fused-ring (bicyclic) bond motifs is 1. The third-order valence-electron chi connectivity index (χ3n) is 5.46. The summed E-state index contributed by atoms with van der Waals surface area (Å²) in [5.74, 6) is -0.519. The van der Waals surface area contributed by atoms with Crippen LogP contribution in [0.3, 0.4) is 0 Å². The minimum absolute atomic E-state index is 0.102. The second-order valence-corrected chi connectivity index (χ2v) is 8.72. The fraction of sp³-hybridized carbons (Fsp3) is 0.400. The summed E-state index contributed by atoms with van der Waals surface area (Å²) in [6.07, 6.45) is 2.90. The van der Waals surface area contributed by atoms with Crippen LogP contribution in [0.1, 0.15) is 41.4 Å². The standard InChI is InChI=1S/C20H23N5O3S/c1-12-11-21-19(29-12)22-17(27)13(2)25-10-9-20(8-7-16(25)26)23-15-6-4-3-5-14(15)18(28)24-20/h3-6,11,13,23H,7-10H2,1-2H3,(H,24,28)(H,21,22,27)/t13-,20+/m1/s1. The van der Waals surface area contributed by atoms with Crippen LogP contribution in [0.4, 0.5) is 10.8 Å². The van der Waals surface area contributed by atoms with Gasteiger partial charge in [-0.1, -0.05) is 12.1 Å². The van der Waals surface area contributed by atoms with E-state index < -0.39 is 11.7 Å². The highest BCUT2D eigenvalue weighted by atomic mass is 32.1. The van der Waals surface area contributed by atoms with Crippen LogP contribution in [-0.4, -0.2) is 45.9 Å². The number of nitrogens with one attached hydrogen (secondary N) is 3. The molecule has 2 atom stereocenters. The Balaban J connectivity index is 1.48. The van der Waals surface area contributed by atoms with Gasteiger partial charge in [0, 0.05) is 36.1 Å². The number of nitrogens with zero attached hydrogens (tertiary/aromatic N) is 2. The molecule has 0 saturated carbocycles. The van der Waals surface area contributed by atoms with Gasteiger partial charge in [-0.3, -0.25) is 14.4 Å². The predicted octanol–water partition coefficient (Wildman–Crippen LogP) is 2.34. The van der Waals surface area contributed by atoms with Gasteiger partial charge in [0.15, 0.2) is 5.13 Å². The number of aromatic nitrogens is 1. The number of thiazole rings is 1. The summed E-state index contributed by atoms with van der Waals surface area (Å²) in [4.78, 5) is 44.7. The molecule has 1 aromatic heterocycles. The van der Waals surface area contributed by atoms with Crippen LogP contribution in [-0.2, 0) is 9.59 Å². The lowest BCUT2D eigenvalue weighted by atomic mass is 9.95. The minimum atomic E-state index is -0.696. The van der Waals surface area contributed by atoms with Crippen molar-refractivity contribution in [1.29, 1.82) is 0 Å². The van der Waals surface area contributed by atoms with Crippen molar-refractivity contribution < 1.29 is 14.4 Å². The molecule has 1 aromatic carbocycles. The quantitative estimate of drug-likeness (QED) is 0.717. The minimum Gasteiger partial charge on any atom is -0.362 e. The molecule has 152 valence electrons. The van der Waals surface area contributed by atoms with Crippen LogP contribution in [0.15, 0.2) is 30.5 Å². The molecule has 3 N–H and O–H groups in total. The molecule has 1 fully saturated rings. The largest absolute Gasteiger partial charge is 0.362 e. The third kappa shape index (κ3) is 3.82. The molecule has 1 saturated heterocycles. The topological polar surface area (TPSA) is 103 Å². The molecule has 2 aliphatic rings. The first kappa shape index (κ1) is 19.4. The molecule has 2 aliphatic heterocycles. The molecule has 2 aromatic rings. The number of benzene rings is 1. The SMILES string of the molecule is Cc1cnc(NC(=O)[C@@H](C)N2CC[C@]3(CCC2=O)NC(=O)c2ccccc2N3)s1. The van der Waals surface area contributed by atoms with E-state index >= 15 is 0 Å². The molecular formula is C20H23N5O3S. The first-order chi connectivity index (χ1) is 13.9. The number of likely N-dealkylation sites (tertiary alicyclic amines) is 1. The summed E-state index contributed by atoms with van der Waals surface area (Å²) in [7, 11) is 0. The summed E-state index contributed by atoms with van der Waals surface area (Å²) < 4.78 is 0. The summed E-state index contributed by atoms with van der Waals surface area (Å²) in [6, 6.07) is 6.70. The molecule has 3 heterocycles. The van der Waals surface area contributed by atoms with E-state index in [9.17, 15) is 14.4 Å². The number of carbonyl (C=O) groups excluding carboxylic acids is 3. The van der Waals surface area contributed by atoms with Crippen LogP contribution >= 0.6 is 11.3 Å². The van der Waals surface area contributed by atoms with Gasteiger partial charge in [0.25, 0.3) is 5.91 Å². The first-order valence-electron chi connectivity index (χ1n) is 9.59.